The topological polar surface area (TPSA) is 39.9 Å². The first-order chi connectivity index (χ1) is 10.3. The lowest BCUT2D eigenvalue weighted by Gasteiger charge is -2.10. The van der Waals surface area contributed by atoms with Crippen LogP contribution in [-0.2, 0) is 6.54 Å². The maximum Gasteiger partial charge on any atom is 0.145 e. The molecule has 0 atom stereocenters. The molecular weight excluding hydrogens is 269 g/mol. The third kappa shape index (κ3) is 2.91. The predicted octanol–water partition coefficient (Wildman–Crippen LogP) is 3.14. The quantitative estimate of drug-likeness (QED) is 0.738. The Morgan fingerprint density at radius 2 is 2.10 bits per heavy atom. The standard InChI is InChI=1S/C16H14FN3O/c1-21-15-7-6-14(11-20-9-3-8-18-20)19-16(15)12-4-2-5-13(17)10-12/h2-10H,11H2,1H3. The van der Waals surface area contributed by atoms with Gasteiger partial charge in [-0.15, -0.1) is 0 Å². The van der Waals surface area contributed by atoms with Gasteiger partial charge in [0.05, 0.1) is 19.3 Å². The Bertz CT molecular complexity index is 741. The van der Waals surface area contributed by atoms with E-state index in [4.69, 9.17) is 4.74 Å². The predicted molar refractivity (Wildman–Crippen MR) is 77.5 cm³/mol. The average molecular weight is 283 g/mol. The maximum absolute atomic E-state index is 13.4. The van der Waals surface area contributed by atoms with Crippen LogP contribution in [0.25, 0.3) is 11.3 Å². The summed E-state index contributed by atoms with van der Waals surface area (Å²) >= 11 is 0. The summed E-state index contributed by atoms with van der Waals surface area (Å²) in [6.45, 7) is 0.555. The van der Waals surface area contributed by atoms with E-state index in [-0.39, 0.29) is 5.82 Å². The lowest BCUT2D eigenvalue weighted by molar-refractivity contribution is 0.414. The number of methoxy groups -OCH3 is 1. The summed E-state index contributed by atoms with van der Waals surface area (Å²) in [5, 5.41) is 4.16. The minimum absolute atomic E-state index is 0.297. The molecule has 2 heterocycles. The number of hydrogen-bond acceptors (Lipinski definition) is 3. The Hall–Kier alpha value is -2.69. The molecule has 0 aliphatic heterocycles. The Balaban J connectivity index is 2.01. The summed E-state index contributed by atoms with van der Waals surface area (Å²) in [5.41, 5.74) is 2.15. The molecule has 4 nitrogen and oxygen atoms in total. The van der Waals surface area contributed by atoms with Gasteiger partial charge in [-0.2, -0.15) is 5.10 Å². The molecule has 2 aromatic heterocycles. The summed E-state index contributed by atoms with van der Waals surface area (Å²) in [7, 11) is 1.58. The highest BCUT2D eigenvalue weighted by Crippen LogP contribution is 2.28. The molecule has 0 spiro atoms. The number of pyridine rings is 1. The SMILES string of the molecule is COc1ccc(Cn2cccn2)nc1-c1cccc(F)c1. The summed E-state index contributed by atoms with van der Waals surface area (Å²) in [5.74, 6) is 0.318. The van der Waals surface area contributed by atoms with Crippen molar-refractivity contribution in [2.45, 2.75) is 6.54 Å². The van der Waals surface area contributed by atoms with Crippen LogP contribution in [0.2, 0.25) is 0 Å². The van der Waals surface area contributed by atoms with Gasteiger partial charge in [-0.25, -0.2) is 9.37 Å². The van der Waals surface area contributed by atoms with Gasteiger partial charge < -0.3 is 4.74 Å². The molecule has 0 N–H and O–H groups in total. The smallest absolute Gasteiger partial charge is 0.145 e. The zero-order valence-corrected chi connectivity index (χ0v) is 11.5. The number of nitrogens with zero attached hydrogens (tertiary/aromatic N) is 3. The molecule has 0 bridgehead atoms. The third-order valence-electron chi connectivity index (χ3n) is 3.12. The number of rotatable bonds is 4. The van der Waals surface area contributed by atoms with Crippen molar-refractivity contribution in [3.05, 3.63) is 66.4 Å². The molecule has 0 saturated heterocycles. The van der Waals surface area contributed by atoms with Gasteiger partial charge in [-0.1, -0.05) is 12.1 Å². The molecule has 0 unspecified atom stereocenters. The van der Waals surface area contributed by atoms with Crippen LogP contribution in [0.3, 0.4) is 0 Å². The second-order valence-corrected chi connectivity index (χ2v) is 4.57. The van der Waals surface area contributed by atoms with E-state index in [0.29, 0.717) is 23.6 Å². The van der Waals surface area contributed by atoms with E-state index in [9.17, 15) is 4.39 Å². The van der Waals surface area contributed by atoms with Crippen LogP contribution in [0, 0.1) is 5.82 Å². The second kappa shape index (κ2) is 5.75. The minimum atomic E-state index is -0.297. The zero-order chi connectivity index (χ0) is 14.7. The van der Waals surface area contributed by atoms with Crippen molar-refractivity contribution in [1.29, 1.82) is 0 Å². The minimum Gasteiger partial charge on any atom is -0.494 e. The molecule has 21 heavy (non-hydrogen) atoms. The molecular formula is C16H14FN3O. The first-order valence-electron chi connectivity index (χ1n) is 6.53. The first-order valence-corrected chi connectivity index (χ1v) is 6.53. The van der Waals surface area contributed by atoms with Crippen LogP contribution in [0.1, 0.15) is 5.69 Å². The molecule has 0 radical (unpaired) electrons. The van der Waals surface area contributed by atoms with Gasteiger partial charge >= 0.3 is 0 Å². The molecule has 0 fully saturated rings. The van der Waals surface area contributed by atoms with E-state index in [1.165, 1.54) is 12.1 Å². The molecule has 0 aliphatic rings. The third-order valence-corrected chi connectivity index (χ3v) is 3.12. The van der Waals surface area contributed by atoms with E-state index in [1.807, 2.05) is 30.5 Å². The fraction of sp³-hybridized carbons (Fsp3) is 0.125. The van der Waals surface area contributed by atoms with Crippen LogP contribution >= 0.6 is 0 Å². The largest absolute Gasteiger partial charge is 0.494 e. The van der Waals surface area contributed by atoms with Crippen LogP contribution in [0.5, 0.6) is 5.75 Å². The van der Waals surface area contributed by atoms with Crippen molar-refractivity contribution in [2.75, 3.05) is 7.11 Å². The lowest BCUT2D eigenvalue weighted by atomic mass is 10.1. The fourth-order valence-electron chi connectivity index (χ4n) is 2.14. The first kappa shape index (κ1) is 13.3. The normalized spacial score (nSPS) is 10.6. The van der Waals surface area contributed by atoms with Crippen LogP contribution in [0.4, 0.5) is 4.39 Å². The highest BCUT2D eigenvalue weighted by molar-refractivity contribution is 5.66. The van der Waals surface area contributed by atoms with E-state index in [1.54, 1.807) is 24.1 Å². The molecule has 106 valence electrons. The summed E-state index contributed by atoms with van der Waals surface area (Å²) in [6.07, 6.45) is 3.59. The number of ether oxygens (including phenoxy) is 1. The van der Waals surface area contributed by atoms with E-state index in [0.717, 1.165) is 5.69 Å². The van der Waals surface area contributed by atoms with Crippen molar-refractivity contribution in [2.24, 2.45) is 0 Å². The Morgan fingerprint density at radius 3 is 2.81 bits per heavy atom. The Labute approximate surface area is 121 Å². The molecule has 3 aromatic rings. The van der Waals surface area contributed by atoms with Crippen LogP contribution < -0.4 is 4.74 Å². The van der Waals surface area contributed by atoms with Crippen molar-refractivity contribution in [3.8, 4) is 17.0 Å². The van der Waals surface area contributed by atoms with E-state index in [2.05, 4.69) is 10.1 Å². The molecule has 0 saturated carbocycles. The van der Waals surface area contributed by atoms with Crippen molar-refractivity contribution in [3.63, 3.8) is 0 Å². The zero-order valence-electron chi connectivity index (χ0n) is 11.5. The Morgan fingerprint density at radius 1 is 1.19 bits per heavy atom. The lowest BCUT2D eigenvalue weighted by Crippen LogP contribution is -2.03. The summed E-state index contributed by atoms with van der Waals surface area (Å²) in [6, 6.07) is 11.9. The highest BCUT2D eigenvalue weighted by atomic mass is 19.1. The van der Waals surface area contributed by atoms with E-state index >= 15 is 0 Å². The second-order valence-electron chi connectivity index (χ2n) is 4.57. The van der Waals surface area contributed by atoms with Crippen molar-refractivity contribution in [1.82, 2.24) is 14.8 Å². The Kier molecular flexibility index (Phi) is 3.64. The van der Waals surface area contributed by atoms with Gasteiger partial charge in [0, 0.05) is 18.0 Å². The average Bonchev–Trinajstić information content (AvgIpc) is 3.00. The maximum atomic E-state index is 13.4. The van der Waals surface area contributed by atoms with Crippen LogP contribution in [-0.4, -0.2) is 21.9 Å². The number of hydrogen-bond donors (Lipinski definition) is 0. The molecule has 0 amide bonds. The van der Waals surface area contributed by atoms with Gasteiger partial charge in [0.25, 0.3) is 0 Å². The molecule has 1 aromatic carbocycles. The monoisotopic (exact) mass is 283 g/mol. The van der Waals surface area contributed by atoms with Crippen molar-refractivity contribution < 1.29 is 9.13 Å². The van der Waals surface area contributed by atoms with Gasteiger partial charge in [0.2, 0.25) is 0 Å². The van der Waals surface area contributed by atoms with Gasteiger partial charge in [-0.3, -0.25) is 4.68 Å². The molecule has 0 aliphatic carbocycles. The van der Waals surface area contributed by atoms with Crippen molar-refractivity contribution >= 4 is 0 Å². The summed E-state index contributed by atoms with van der Waals surface area (Å²) in [4.78, 5) is 4.58. The fourth-order valence-corrected chi connectivity index (χ4v) is 2.14. The van der Waals surface area contributed by atoms with Gasteiger partial charge in [-0.05, 0) is 30.3 Å². The van der Waals surface area contributed by atoms with Crippen LogP contribution in [0.15, 0.2) is 54.9 Å². The number of halogens is 1. The number of aromatic nitrogens is 3. The van der Waals surface area contributed by atoms with E-state index < -0.39 is 0 Å². The molecule has 3 rings (SSSR count). The number of benzene rings is 1. The van der Waals surface area contributed by atoms with Gasteiger partial charge in [0.15, 0.2) is 0 Å². The highest BCUT2D eigenvalue weighted by Gasteiger charge is 2.10. The molecule has 5 heteroatoms. The van der Waals surface area contributed by atoms with Gasteiger partial charge in [0.1, 0.15) is 17.3 Å². The summed E-state index contributed by atoms with van der Waals surface area (Å²) < 4.78 is 20.5.